The fraction of sp³-hybridized carbons (Fsp3) is 0.250. The molecule has 0 fully saturated rings. The van der Waals surface area contributed by atoms with Crippen molar-refractivity contribution in [3.05, 3.63) is 58.3 Å². The molecule has 0 bridgehead atoms. The van der Waals surface area contributed by atoms with Gasteiger partial charge in [0.15, 0.2) is 6.61 Å². The Kier molecular flexibility index (Phi) is 5.31. The van der Waals surface area contributed by atoms with Crippen LogP contribution in [0, 0.1) is 10.1 Å². The van der Waals surface area contributed by atoms with Gasteiger partial charge in [-0.2, -0.15) is 0 Å². The van der Waals surface area contributed by atoms with Gasteiger partial charge in [-0.1, -0.05) is 18.2 Å². The second-order valence-corrected chi connectivity index (χ2v) is 5.16. The third-order valence-electron chi connectivity index (χ3n) is 3.12. The topological polar surface area (TPSA) is 103 Å². The third kappa shape index (κ3) is 3.97. The Bertz CT molecular complexity index is 738. The van der Waals surface area contributed by atoms with Crippen molar-refractivity contribution in [2.75, 3.05) is 11.5 Å². The van der Waals surface area contributed by atoms with Crippen LogP contribution in [0.1, 0.15) is 24.4 Å². The highest BCUT2D eigenvalue weighted by Gasteiger charge is 2.23. The summed E-state index contributed by atoms with van der Waals surface area (Å²) in [5, 5.41) is 10.5. The number of carbonyl (C=O) groups is 2. The number of nitro groups is 1. The first-order chi connectivity index (χ1) is 11.4. The van der Waals surface area contributed by atoms with Gasteiger partial charge in [0.25, 0.3) is 5.91 Å². The molecule has 0 saturated heterocycles. The summed E-state index contributed by atoms with van der Waals surface area (Å²) in [4.78, 5) is 35.4. The lowest BCUT2D eigenvalue weighted by Gasteiger charge is -2.26. The molecule has 24 heavy (non-hydrogen) atoms. The van der Waals surface area contributed by atoms with Crippen molar-refractivity contribution in [1.29, 1.82) is 0 Å². The van der Waals surface area contributed by atoms with Gasteiger partial charge < -0.3 is 14.1 Å². The molecule has 0 aliphatic carbocycles. The molecule has 0 spiro atoms. The van der Waals surface area contributed by atoms with Gasteiger partial charge in [0, 0.05) is 11.7 Å². The highest BCUT2D eigenvalue weighted by Crippen LogP contribution is 2.18. The lowest BCUT2D eigenvalue weighted by Crippen LogP contribution is -2.39. The molecule has 0 aliphatic heterocycles. The first kappa shape index (κ1) is 17.2. The molecule has 0 atom stereocenters. The number of carbonyl (C=O) groups excluding carboxylic acids is 2. The van der Waals surface area contributed by atoms with Crippen LogP contribution in [0.15, 0.2) is 46.9 Å². The number of rotatable bonds is 6. The molecule has 0 unspecified atom stereocenters. The lowest BCUT2D eigenvalue weighted by atomic mass is 10.2. The molecule has 1 amide bonds. The zero-order valence-electron chi connectivity index (χ0n) is 13.2. The molecule has 0 radical (unpaired) electrons. The summed E-state index contributed by atoms with van der Waals surface area (Å²) in [6, 6.07) is 11.0. The summed E-state index contributed by atoms with van der Waals surface area (Å²) in [5.74, 6) is -2.24. The minimum atomic E-state index is -0.937. The Hall–Kier alpha value is -3.16. The van der Waals surface area contributed by atoms with E-state index in [-0.39, 0.29) is 11.8 Å². The van der Waals surface area contributed by atoms with E-state index in [1.807, 2.05) is 19.9 Å². The van der Waals surface area contributed by atoms with Gasteiger partial charge in [0.05, 0.1) is 6.07 Å². The van der Waals surface area contributed by atoms with Crippen molar-refractivity contribution in [2.45, 2.75) is 19.9 Å². The maximum atomic E-state index is 12.3. The summed E-state index contributed by atoms with van der Waals surface area (Å²) in [6.45, 7) is 3.17. The second-order valence-electron chi connectivity index (χ2n) is 5.16. The molecule has 8 nitrogen and oxygen atoms in total. The predicted molar refractivity (Wildman–Crippen MR) is 84.7 cm³/mol. The summed E-state index contributed by atoms with van der Waals surface area (Å²) in [6.07, 6.45) is 0. The van der Waals surface area contributed by atoms with E-state index < -0.39 is 29.3 Å². The lowest BCUT2D eigenvalue weighted by molar-refractivity contribution is -0.402. The normalized spacial score (nSPS) is 10.5. The third-order valence-corrected chi connectivity index (χ3v) is 3.12. The van der Waals surface area contributed by atoms with Gasteiger partial charge in [0.2, 0.25) is 5.76 Å². The predicted octanol–water partition coefficient (Wildman–Crippen LogP) is 2.79. The summed E-state index contributed by atoms with van der Waals surface area (Å²) in [5.41, 5.74) is 0.683. The van der Waals surface area contributed by atoms with Crippen LogP contribution < -0.4 is 4.90 Å². The second kappa shape index (κ2) is 7.40. The summed E-state index contributed by atoms with van der Waals surface area (Å²) < 4.78 is 9.62. The number of esters is 1. The fourth-order valence-electron chi connectivity index (χ4n) is 2.12. The number of benzene rings is 1. The molecule has 1 heterocycles. The molecule has 0 saturated carbocycles. The Labute approximate surface area is 137 Å². The van der Waals surface area contributed by atoms with Crippen molar-refractivity contribution >= 4 is 23.4 Å². The average molecular weight is 332 g/mol. The largest absolute Gasteiger partial charge is 0.450 e. The van der Waals surface area contributed by atoms with E-state index >= 15 is 0 Å². The first-order valence-corrected chi connectivity index (χ1v) is 7.18. The number of ether oxygens (including phenoxy) is 1. The molecule has 1 aromatic heterocycles. The van der Waals surface area contributed by atoms with E-state index in [1.54, 1.807) is 24.3 Å². The first-order valence-electron chi connectivity index (χ1n) is 7.18. The maximum absolute atomic E-state index is 12.3. The van der Waals surface area contributed by atoms with Crippen molar-refractivity contribution < 1.29 is 23.7 Å². The quantitative estimate of drug-likeness (QED) is 0.458. The maximum Gasteiger partial charge on any atom is 0.433 e. The highest BCUT2D eigenvalue weighted by atomic mass is 16.7. The van der Waals surface area contributed by atoms with Crippen molar-refractivity contribution in [3.63, 3.8) is 0 Å². The molecule has 126 valence electrons. The molecule has 2 aromatic rings. The summed E-state index contributed by atoms with van der Waals surface area (Å²) >= 11 is 0. The smallest absolute Gasteiger partial charge is 0.433 e. The van der Waals surface area contributed by atoms with Gasteiger partial charge in [-0.25, -0.2) is 4.79 Å². The van der Waals surface area contributed by atoms with Gasteiger partial charge in [-0.05, 0) is 32.0 Å². The molecule has 2 rings (SSSR count). The van der Waals surface area contributed by atoms with Crippen molar-refractivity contribution in [2.24, 2.45) is 0 Å². The number of nitrogens with zero attached hydrogens (tertiary/aromatic N) is 2. The van der Waals surface area contributed by atoms with Crippen LogP contribution in [-0.2, 0) is 9.53 Å². The van der Waals surface area contributed by atoms with E-state index in [2.05, 4.69) is 0 Å². The van der Waals surface area contributed by atoms with Crippen LogP contribution in [0.2, 0.25) is 0 Å². The molecular weight excluding hydrogens is 316 g/mol. The number of anilines is 1. The highest BCUT2D eigenvalue weighted by molar-refractivity contribution is 5.96. The van der Waals surface area contributed by atoms with Crippen LogP contribution in [0.3, 0.4) is 0 Å². The van der Waals surface area contributed by atoms with Crippen LogP contribution in [0.4, 0.5) is 11.6 Å². The van der Waals surface area contributed by atoms with Crippen molar-refractivity contribution in [1.82, 2.24) is 0 Å². The van der Waals surface area contributed by atoms with E-state index in [0.717, 1.165) is 12.1 Å². The Morgan fingerprint density at radius 1 is 1.21 bits per heavy atom. The molecule has 1 aromatic carbocycles. The molecular formula is C16H16N2O6. The number of para-hydroxylation sites is 1. The molecule has 0 aliphatic rings. The SMILES string of the molecule is CC(C)N(C(=O)COC(=O)c1ccc([N+](=O)[O-])o1)c1ccccc1. The van der Waals surface area contributed by atoms with Crippen LogP contribution >= 0.6 is 0 Å². The van der Waals surface area contributed by atoms with Crippen LogP contribution in [0.5, 0.6) is 0 Å². The molecule has 0 N–H and O–H groups in total. The fourth-order valence-corrected chi connectivity index (χ4v) is 2.12. The Morgan fingerprint density at radius 3 is 2.42 bits per heavy atom. The van der Waals surface area contributed by atoms with E-state index in [1.165, 1.54) is 4.90 Å². The van der Waals surface area contributed by atoms with Crippen LogP contribution in [-0.4, -0.2) is 29.4 Å². The zero-order valence-corrected chi connectivity index (χ0v) is 13.2. The standard InChI is InChI=1S/C16H16N2O6/c1-11(2)17(12-6-4-3-5-7-12)14(19)10-23-16(20)13-8-9-15(24-13)18(21)22/h3-9,11H,10H2,1-2H3. The number of furan rings is 1. The monoisotopic (exact) mass is 332 g/mol. The number of amides is 1. The van der Waals surface area contributed by atoms with Gasteiger partial charge in [-0.15, -0.1) is 0 Å². The minimum Gasteiger partial charge on any atom is -0.450 e. The Morgan fingerprint density at radius 2 is 1.88 bits per heavy atom. The van der Waals surface area contributed by atoms with Gasteiger partial charge in [-0.3, -0.25) is 14.9 Å². The number of hydrogen-bond donors (Lipinski definition) is 0. The summed E-state index contributed by atoms with van der Waals surface area (Å²) in [7, 11) is 0. The number of hydrogen-bond acceptors (Lipinski definition) is 6. The molecule has 8 heteroatoms. The van der Waals surface area contributed by atoms with Gasteiger partial charge >= 0.3 is 11.9 Å². The zero-order chi connectivity index (χ0) is 17.7. The van der Waals surface area contributed by atoms with Crippen molar-refractivity contribution in [3.8, 4) is 0 Å². The average Bonchev–Trinajstić information content (AvgIpc) is 3.04. The Balaban J connectivity index is 2.02. The van der Waals surface area contributed by atoms with Gasteiger partial charge in [0.1, 0.15) is 4.92 Å². The van der Waals surface area contributed by atoms with Crippen LogP contribution in [0.25, 0.3) is 0 Å². The van der Waals surface area contributed by atoms with E-state index in [9.17, 15) is 19.7 Å². The van der Waals surface area contributed by atoms with E-state index in [0.29, 0.717) is 5.69 Å². The minimum absolute atomic E-state index is 0.136. The van der Waals surface area contributed by atoms with E-state index in [4.69, 9.17) is 9.15 Å².